The Hall–Kier alpha value is -1.35. The van der Waals surface area contributed by atoms with E-state index in [1.165, 1.54) is 0 Å². The lowest BCUT2D eigenvalue weighted by Crippen LogP contribution is -2.09. The van der Waals surface area contributed by atoms with Gasteiger partial charge in [-0.05, 0) is 31.0 Å². The molecule has 0 amide bonds. The van der Waals surface area contributed by atoms with Crippen molar-refractivity contribution < 1.29 is 9.90 Å². The molecule has 0 aromatic heterocycles. The second-order valence-corrected chi connectivity index (χ2v) is 3.23. The van der Waals surface area contributed by atoms with Crippen molar-refractivity contribution in [3.63, 3.8) is 0 Å². The van der Waals surface area contributed by atoms with Crippen molar-refractivity contribution in [1.29, 1.82) is 0 Å². The minimum absolute atomic E-state index is 0.115. The van der Waals surface area contributed by atoms with Gasteiger partial charge in [0.25, 0.3) is 0 Å². The van der Waals surface area contributed by atoms with E-state index in [0.717, 1.165) is 11.3 Å². The Morgan fingerprint density at radius 1 is 1.36 bits per heavy atom. The van der Waals surface area contributed by atoms with Gasteiger partial charge in [-0.1, -0.05) is 12.1 Å². The number of rotatable bonds is 5. The van der Waals surface area contributed by atoms with E-state index in [2.05, 4.69) is 5.32 Å². The molecule has 1 rings (SSSR count). The summed E-state index contributed by atoms with van der Waals surface area (Å²) in [6.45, 7) is 2.08. The number of aliphatic hydroxyl groups excluding tert-OH is 1. The Morgan fingerprint density at radius 3 is 2.50 bits per heavy atom. The molecule has 0 unspecified atom stereocenters. The van der Waals surface area contributed by atoms with Gasteiger partial charge in [0.1, 0.15) is 5.78 Å². The molecule has 0 aliphatic carbocycles. The van der Waals surface area contributed by atoms with Crippen molar-refractivity contribution in [1.82, 2.24) is 0 Å². The van der Waals surface area contributed by atoms with Crippen LogP contribution in [0, 0.1) is 0 Å². The summed E-state index contributed by atoms with van der Waals surface area (Å²) in [5.74, 6) is 0.115. The molecule has 1 aromatic rings. The fraction of sp³-hybridized carbons (Fsp3) is 0.364. The maximum atomic E-state index is 10.7. The van der Waals surface area contributed by atoms with Crippen LogP contribution in [-0.2, 0) is 11.2 Å². The van der Waals surface area contributed by atoms with Gasteiger partial charge in [0.15, 0.2) is 0 Å². The molecular weight excluding hydrogens is 178 g/mol. The first-order valence-corrected chi connectivity index (χ1v) is 4.65. The molecule has 0 bridgehead atoms. The van der Waals surface area contributed by atoms with Crippen LogP contribution < -0.4 is 5.32 Å². The number of carbonyl (C=O) groups excluding carboxylic acids is 1. The molecule has 1 aromatic carbocycles. The van der Waals surface area contributed by atoms with Crippen molar-refractivity contribution in [2.75, 3.05) is 18.5 Å². The van der Waals surface area contributed by atoms with E-state index in [1.807, 2.05) is 24.3 Å². The summed E-state index contributed by atoms with van der Waals surface area (Å²) in [7, 11) is 0. The van der Waals surface area contributed by atoms with Gasteiger partial charge in [0, 0.05) is 12.3 Å². The van der Waals surface area contributed by atoms with Crippen molar-refractivity contribution in [2.45, 2.75) is 13.3 Å². The first-order chi connectivity index (χ1) is 6.72. The SMILES string of the molecule is CC(=O)CNc1ccc(CCO)cc1. The lowest BCUT2D eigenvalue weighted by atomic mass is 10.1. The minimum Gasteiger partial charge on any atom is -0.396 e. The Balaban J connectivity index is 2.50. The molecule has 3 heteroatoms. The molecule has 2 N–H and O–H groups in total. The van der Waals surface area contributed by atoms with E-state index in [0.29, 0.717) is 13.0 Å². The molecule has 14 heavy (non-hydrogen) atoms. The number of ketones is 1. The standard InChI is InChI=1S/C11H15NO2/c1-9(14)8-12-11-4-2-10(3-5-11)6-7-13/h2-5,12-13H,6-8H2,1H3. The van der Waals surface area contributed by atoms with E-state index in [-0.39, 0.29) is 12.4 Å². The molecule has 0 fully saturated rings. The molecule has 0 radical (unpaired) electrons. The third kappa shape index (κ3) is 3.58. The van der Waals surface area contributed by atoms with Gasteiger partial charge in [-0.3, -0.25) is 4.79 Å². The van der Waals surface area contributed by atoms with Gasteiger partial charge >= 0.3 is 0 Å². The molecule has 0 saturated carbocycles. The zero-order chi connectivity index (χ0) is 10.4. The van der Waals surface area contributed by atoms with Crippen molar-refractivity contribution in [3.05, 3.63) is 29.8 Å². The number of benzene rings is 1. The summed E-state index contributed by atoms with van der Waals surface area (Å²) in [5, 5.41) is 11.7. The van der Waals surface area contributed by atoms with Crippen molar-refractivity contribution in [2.24, 2.45) is 0 Å². The van der Waals surface area contributed by atoms with Crippen LogP contribution in [0.25, 0.3) is 0 Å². The second kappa shape index (κ2) is 5.40. The fourth-order valence-corrected chi connectivity index (χ4v) is 1.14. The van der Waals surface area contributed by atoms with Crippen LogP contribution in [0.3, 0.4) is 0 Å². The Kier molecular flexibility index (Phi) is 4.13. The highest BCUT2D eigenvalue weighted by Gasteiger charge is 1.95. The Morgan fingerprint density at radius 2 is 2.00 bits per heavy atom. The van der Waals surface area contributed by atoms with Gasteiger partial charge < -0.3 is 10.4 Å². The van der Waals surface area contributed by atoms with Crippen LogP contribution in [-0.4, -0.2) is 24.0 Å². The zero-order valence-corrected chi connectivity index (χ0v) is 8.29. The molecule has 0 heterocycles. The second-order valence-electron chi connectivity index (χ2n) is 3.23. The lowest BCUT2D eigenvalue weighted by Gasteiger charge is -2.04. The van der Waals surface area contributed by atoms with Gasteiger partial charge in [0.2, 0.25) is 0 Å². The van der Waals surface area contributed by atoms with Crippen molar-refractivity contribution in [3.8, 4) is 0 Å². The third-order valence-corrected chi connectivity index (χ3v) is 1.90. The molecule has 0 aliphatic heterocycles. The van der Waals surface area contributed by atoms with Gasteiger partial charge in [-0.15, -0.1) is 0 Å². The van der Waals surface area contributed by atoms with Crippen LogP contribution in [0.15, 0.2) is 24.3 Å². The molecule has 0 spiro atoms. The first-order valence-electron chi connectivity index (χ1n) is 4.65. The van der Waals surface area contributed by atoms with Crippen LogP contribution in [0.2, 0.25) is 0 Å². The first kappa shape index (κ1) is 10.7. The fourth-order valence-electron chi connectivity index (χ4n) is 1.14. The molecule has 0 aliphatic rings. The number of aliphatic hydroxyl groups is 1. The predicted molar refractivity (Wildman–Crippen MR) is 56.4 cm³/mol. The van der Waals surface area contributed by atoms with Gasteiger partial charge in [-0.2, -0.15) is 0 Å². The minimum atomic E-state index is 0.115. The van der Waals surface area contributed by atoms with E-state index >= 15 is 0 Å². The number of nitrogens with one attached hydrogen (secondary N) is 1. The lowest BCUT2D eigenvalue weighted by molar-refractivity contribution is -0.115. The van der Waals surface area contributed by atoms with E-state index < -0.39 is 0 Å². The molecule has 76 valence electrons. The summed E-state index contributed by atoms with van der Waals surface area (Å²) in [5.41, 5.74) is 2.03. The molecule has 0 atom stereocenters. The van der Waals surface area contributed by atoms with Crippen LogP contribution >= 0.6 is 0 Å². The number of carbonyl (C=O) groups is 1. The highest BCUT2D eigenvalue weighted by atomic mass is 16.2. The Labute approximate surface area is 83.8 Å². The predicted octanol–water partition coefficient (Wildman–Crippen LogP) is 1.22. The zero-order valence-electron chi connectivity index (χ0n) is 8.29. The molecule has 3 nitrogen and oxygen atoms in total. The molecular formula is C11H15NO2. The van der Waals surface area contributed by atoms with Gasteiger partial charge in [-0.25, -0.2) is 0 Å². The number of hydrogen-bond donors (Lipinski definition) is 2. The largest absolute Gasteiger partial charge is 0.396 e. The highest BCUT2D eigenvalue weighted by Crippen LogP contribution is 2.09. The van der Waals surface area contributed by atoms with E-state index in [4.69, 9.17) is 5.11 Å². The quantitative estimate of drug-likeness (QED) is 0.739. The summed E-state index contributed by atoms with van der Waals surface area (Å²) in [6, 6.07) is 7.71. The topological polar surface area (TPSA) is 49.3 Å². The maximum absolute atomic E-state index is 10.7. The summed E-state index contributed by atoms with van der Waals surface area (Å²) in [4.78, 5) is 10.7. The monoisotopic (exact) mass is 193 g/mol. The number of Topliss-reactive ketones (excluding diaryl/α,β-unsaturated/α-hetero) is 1. The average Bonchev–Trinajstić information content (AvgIpc) is 2.17. The smallest absolute Gasteiger partial charge is 0.148 e. The number of anilines is 1. The van der Waals surface area contributed by atoms with Gasteiger partial charge in [0.05, 0.1) is 6.54 Å². The average molecular weight is 193 g/mol. The summed E-state index contributed by atoms with van der Waals surface area (Å²) in [6.07, 6.45) is 0.674. The van der Waals surface area contributed by atoms with Crippen LogP contribution in [0.1, 0.15) is 12.5 Å². The van der Waals surface area contributed by atoms with Crippen LogP contribution in [0.5, 0.6) is 0 Å². The molecule has 0 saturated heterocycles. The Bertz CT molecular complexity index is 293. The van der Waals surface area contributed by atoms with E-state index in [1.54, 1.807) is 6.92 Å². The summed E-state index contributed by atoms with van der Waals surface area (Å²) < 4.78 is 0. The van der Waals surface area contributed by atoms with Crippen LogP contribution in [0.4, 0.5) is 5.69 Å². The third-order valence-electron chi connectivity index (χ3n) is 1.90. The maximum Gasteiger partial charge on any atom is 0.148 e. The van der Waals surface area contributed by atoms with E-state index in [9.17, 15) is 4.79 Å². The number of hydrogen-bond acceptors (Lipinski definition) is 3. The summed E-state index contributed by atoms with van der Waals surface area (Å²) >= 11 is 0. The highest BCUT2D eigenvalue weighted by molar-refractivity contribution is 5.80. The van der Waals surface area contributed by atoms with Crippen molar-refractivity contribution >= 4 is 11.5 Å². The normalized spacial score (nSPS) is 9.86.